The Morgan fingerprint density at radius 2 is 2.12 bits per heavy atom. The monoisotopic (exact) mass is 236 g/mol. The first-order valence-corrected chi connectivity index (χ1v) is 5.81. The molecule has 4 heteroatoms. The van der Waals surface area contributed by atoms with E-state index in [2.05, 4.69) is 5.32 Å². The standard InChI is InChI=1S/C13H20N2O2/c1-4-14-13(17)9-15(3)10(2)11-7-5-6-8-12(11)16/h5-8,10,16H,4,9H2,1-3H3,(H,14,17). The van der Waals surface area contributed by atoms with Crippen molar-refractivity contribution >= 4 is 5.91 Å². The number of nitrogens with one attached hydrogen (secondary N) is 1. The van der Waals surface area contributed by atoms with Crippen molar-refractivity contribution in [3.63, 3.8) is 0 Å². The number of phenols is 1. The van der Waals surface area contributed by atoms with Crippen LogP contribution in [0.2, 0.25) is 0 Å². The lowest BCUT2D eigenvalue weighted by Crippen LogP contribution is -2.36. The molecule has 2 N–H and O–H groups in total. The van der Waals surface area contributed by atoms with E-state index in [9.17, 15) is 9.90 Å². The van der Waals surface area contributed by atoms with Gasteiger partial charge in [-0.2, -0.15) is 0 Å². The molecule has 0 heterocycles. The molecule has 0 saturated carbocycles. The molecule has 1 amide bonds. The third kappa shape index (κ3) is 3.75. The number of carbonyl (C=O) groups excluding carboxylic acids is 1. The molecule has 0 fully saturated rings. The van der Waals surface area contributed by atoms with Gasteiger partial charge in [0, 0.05) is 18.2 Å². The SMILES string of the molecule is CCNC(=O)CN(C)C(C)c1ccccc1O. The highest BCUT2D eigenvalue weighted by atomic mass is 16.3. The second kappa shape index (κ2) is 6.25. The van der Waals surface area contributed by atoms with Gasteiger partial charge in [0.2, 0.25) is 5.91 Å². The van der Waals surface area contributed by atoms with Crippen LogP contribution in [0.25, 0.3) is 0 Å². The zero-order chi connectivity index (χ0) is 12.8. The summed E-state index contributed by atoms with van der Waals surface area (Å²) in [5.74, 6) is 0.264. The number of hydrogen-bond acceptors (Lipinski definition) is 3. The lowest BCUT2D eigenvalue weighted by atomic mass is 10.1. The summed E-state index contributed by atoms with van der Waals surface area (Å²) >= 11 is 0. The normalized spacial score (nSPS) is 12.5. The van der Waals surface area contributed by atoms with E-state index in [4.69, 9.17) is 0 Å². The minimum Gasteiger partial charge on any atom is -0.508 e. The Bertz CT molecular complexity index is 379. The van der Waals surface area contributed by atoms with E-state index in [-0.39, 0.29) is 17.7 Å². The van der Waals surface area contributed by atoms with Crippen molar-refractivity contribution in [1.82, 2.24) is 10.2 Å². The van der Waals surface area contributed by atoms with Crippen molar-refractivity contribution in [2.75, 3.05) is 20.1 Å². The summed E-state index contributed by atoms with van der Waals surface area (Å²) in [6, 6.07) is 7.19. The van der Waals surface area contributed by atoms with Crippen LogP contribution in [-0.4, -0.2) is 36.1 Å². The molecule has 1 aromatic rings. The first-order valence-electron chi connectivity index (χ1n) is 5.81. The van der Waals surface area contributed by atoms with Gasteiger partial charge in [0.15, 0.2) is 0 Å². The minimum absolute atomic E-state index is 0.00111. The number of para-hydroxylation sites is 1. The Kier molecular flexibility index (Phi) is 4.97. The highest BCUT2D eigenvalue weighted by Crippen LogP contribution is 2.26. The predicted molar refractivity (Wildman–Crippen MR) is 67.8 cm³/mol. The number of nitrogens with zero attached hydrogens (tertiary/aromatic N) is 1. The lowest BCUT2D eigenvalue weighted by molar-refractivity contribution is -0.122. The van der Waals surface area contributed by atoms with E-state index >= 15 is 0 Å². The number of phenolic OH excluding ortho intramolecular Hbond substituents is 1. The van der Waals surface area contributed by atoms with Gasteiger partial charge in [0.05, 0.1) is 6.54 Å². The van der Waals surface area contributed by atoms with Crippen molar-refractivity contribution in [2.24, 2.45) is 0 Å². The van der Waals surface area contributed by atoms with Crippen molar-refractivity contribution in [2.45, 2.75) is 19.9 Å². The number of benzene rings is 1. The molecular weight excluding hydrogens is 216 g/mol. The fourth-order valence-corrected chi connectivity index (χ4v) is 1.69. The highest BCUT2D eigenvalue weighted by molar-refractivity contribution is 5.77. The third-order valence-electron chi connectivity index (χ3n) is 2.81. The van der Waals surface area contributed by atoms with Crippen LogP contribution in [0.4, 0.5) is 0 Å². The Morgan fingerprint density at radius 1 is 1.47 bits per heavy atom. The van der Waals surface area contributed by atoms with Gasteiger partial charge in [-0.15, -0.1) is 0 Å². The van der Waals surface area contributed by atoms with Crippen molar-refractivity contribution < 1.29 is 9.90 Å². The Morgan fingerprint density at radius 3 is 2.71 bits per heavy atom. The van der Waals surface area contributed by atoms with Crippen LogP contribution < -0.4 is 5.32 Å². The number of hydrogen-bond donors (Lipinski definition) is 2. The summed E-state index contributed by atoms with van der Waals surface area (Å²) in [6.45, 7) is 4.82. The first-order chi connectivity index (χ1) is 8.06. The molecule has 17 heavy (non-hydrogen) atoms. The Labute approximate surface area is 102 Å². The molecule has 94 valence electrons. The van der Waals surface area contributed by atoms with Crippen LogP contribution in [0.3, 0.4) is 0 Å². The smallest absolute Gasteiger partial charge is 0.234 e. The number of rotatable bonds is 5. The van der Waals surface area contributed by atoms with Crippen LogP contribution in [-0.2, 0) is 4.79 Å². The van der Waals surface area contributed by atoms with E-state index in [1.807, 2.05) is 37.9 Å². The van der Waals surface area contributed by atoms with Crippen molar-refractivity contribution in [1.29, 1.82) is 0 Å². The van der Waals surface area contributed by atoms with Gasteiger partial charge in [-0.25, -0.2) is 0 Å². The molecule has 4 nitrogen and oxygen atoms in total. The first kappa shape index (κ1) is 13.5. The van der Waals surface area contributed by atoms with Crippen LogP contribution >= 0.6 is 0 Å². The van der Waals surface area contributed by atoms with Gasteiger partial charge in [-0.1, -0.05) is 18.2 Å². The molecule has 0 bridgehead atoms. The van der Waals surface area contributed by atoms with E-state index < -0.39 is 0 Å². The second-order valence-corrected chi connectivity index (χ2v) is 4.10. The molecule has 0 spiro atoms. The molecule has 0 aromatic heterocycles. The van der Waals surface area contributed by atoms with Crippen LogP contribution in [0, 0.1) is 0 Å². The number of amides is 1. The molecule has 0 aliphatic rings. The van der Waals surface area contributed by atoms with E-state index in [1.165, 1.54) is 0 Å². The summed E-state index contributed by atoms with van der Waals surface area (Å²) in [5.41, 5.74) is 0.833. The second-order valence-electron chi connectivity index (χ2n) is 4.10. The quantitative estimate of drug-likeness (QED) is 0.815. The lowest BCUT2D eigenvalue weighted by Gasteiger charge is -2.24. The van der Waals surface area contributed by atoms with Gasteiger partial charge >= 0.3 is 0 Å². The summed E-state index contributed by atoms with van der Waals surface area (Å²) in [5, 5.41) is 12.5. The molecule has 1 rings (SSSR count). The average Bonchev–Trinajstić information content (AvgIpc) is 2.29. The van der Waals surface area contributed by atoms with E-state index in [0.717, 1.165) is 5.56 Å². The molecule has 1 aromatic carbocycles. The summed E-state index contributed by atoms with van der Waals surface area (Å²) in [6.07, 6.45) is 0. The molecule has 1 unspecified atom stereocenters. The zero-order valence-corrected chi connectivity index (χ0v) is 10.6. The summed E-state index contributed by atoms with van der Waals surface area (Å²) in [7, 11) is 1.87. The molecule has 0 aliphatic heterocycles. The van der Waals surface area contributed by atoms with Gasteiger partial charge < -0.3 is 10.4 Å². The predicted octanol–water partition coefficient (Wildman–Crippen LogP) is 1.52. The van der Waals surface area contributed by atoms with Crippen LogP contribution in [0.1, 0.15) is 25.5 Å². The Hall–Kier alpha value is -1.55. The minimum atomic E-state index is -0.00253. The maximum atomic E-state index is 11.5. The largest absolute Gasteiger partial charge is 0.508 e. The maximum absolute atomic E-state index is 11.5. The van der Waals surface area contributed by atoms with Crippen molar-refractivity contribution in [3.8, 4) is 5.75 Å². The molecule has 1 atom stereocenters. The third-order valence-corrected chi connectivity index (χ3v) is 2.81. The van der Waals surface area contributed by atoms with Gasteiger partial charge in [-0.05, 0) is 27.0 Å². The fourth-order valence-electron chi connectivity index (χ4n) is 1.69. The maximum Gasteiger partial charge on any atom is 0.234 e. The topological polar surface area (TPSA) is 52.6 Å². The molecule has 0 saturated heterocycles. The van der Waals surface area contributed by atoms with Gasteiger partial charge in [0.1, 0.15) is 5.75 Å². The molecule has 0 aliphatic carbocycles. The average molecular weight is 236 g/mol. The number of carbonyl (C=O) groups is 1. The van der Waals surface area contributed by atoms with Crippen molar-refractivity contribution in [3.05, 3.63) is 29.8 Å². The van der Waals surface area contributed by atoms with E-state index in [1.54, 1.807) is 12.1 Å². The number of likely N-dealkylation sites (N-methyl/N-ethyl adjacent to an activating group) is 2. The zero-order valence-electron chi connectivity index (χ0n) is 10.6. The number of aromatic hydroxyl groups is 1. The summed E-state index contributed by atoms with van der Waals surface area (Å²) in [4.78, 5) is 13.4. The van der Waals surface area contributed by atoms with Gasteiger partial charge in [0.25, 0.3) is 0 Å². The molecular formula is C13H20N2O2. The molecule has 0 radical (unpaired) electrons. The highest BCUT2D eigenvalue weighted by Gasteiger charge is 2.16. The van der Waals surface area contributed by atoms with Crippen LogP contribution in [0.5, 0.6) is 5.75 Å². The summed E-state index contributed by atoms with van der Waals surface area (Å²) < 4.78 is 0. The van der Waals surface area contributed by atoms with Crippen LogP contribution in [0.15, 0.2) is 24.3 Å². The van der Waals surface area contributed by atoms with Gasteiger partial charge in [-0.3, -0.25) is 9.69 Å². The Balaban J connectivity index is 2.67. The van der Waals surface area contributed by atoms with E-state index in [0.29, 0.717) is 13.1 Å². The fraction of sp³-hybridized carbons (Fsp3) is 0.462.